The van der Waals surface area contributed by atoms with Gasteiger partial charge in [-0.1, -0.05) is 34.1 Å². The molecule has 0 aliphatic heterocycles. The van der Waals surface area contributed by atoms with E-state index in [4.69, 9.17) is 4.74 Å². The normalized spacial score (nSPS) is 11.8. The maximum Gasteiger partial charge on any atom is 0.216 e. The van der Waals surface area contributed by atoms with Gasteiger partial charge < -0.3 is 4.74 Å². The molecule has 0 aromatic heterocycles. The number of sulfone groups is 1. The Morgan fingerprint density at radius 2 is 1.91 bits per heavy atom. The summed E-state index contributed by atoms with van der Waals surface area (Å²) in [4.78, 5) is -0.241. The molecule has 0 bridgehead atoms. The van der Waals surface area contributed by atoms with E-state index in [1.807, 2.05) is 0 Å². The summed E-state index contributed by atoms with van der Waals surface area (Å²) in [5, 5.41) is 9.26. The molecule has 22 heavy (non-hydrogen) atoms. The van der Waals surface area contributed by atoms with Gasteiger partial charge in [-0.15, -0.1) is 0 Å². The monoisotopic (exact) mass is 377 g/mol. The molecule has 0 radical (unpaired) electrons. The van der Waals surface area contributed by atoms with Crippen LogP contribution in [0.15, 0.2) is 62.8 Å². The predicted octanol–water partition coefficient (Wildman–Crippen LogP) is 3.80. The highest BCUT2D eigenvalue weighted by Crippen LogP contribution is 2.27. The van der Waals surface area contributed by atoms with Gasteiger partial charge in [-0.2, -0.15) is 5.26 Å². The van der Waals surface area contributed by atoms with Gasteiger partial charge in [0.15, 0.2) is 0 Å². The lowest BCUT2D eigenvalue weighted by molar-refractivity contribution is 0.414. The van der Waals surface area contributed by atoms with Crippen LogP contribution in [0.5, 0.6) is 5.75 Å². The van der Waals surface area contributed by atoms with Gasteiger partial charge in [0.1, 0.15) is 16.7 Å². The standard InChI is InChI=1S/C16H12BrNO3S/c1-21-13-7-8-16(17)12(9-13)10-15(11-18)22(19,20)14-5-3-2-4-6-14/h2-10H,1H3. The predicted molar refractivity (Wildman–Crippen MR) is 87.9 cm³/mol. The van der Waals surface area contributed by atoms with Gasteiger partial charge in [0, 0.05) is 4.47 Å². The molecule has 6 heteroatoms. The number of halogens is 1. The zero-order valence-electron chi connectivity index (χ0n) is 11.7. The Kier molecular flexibility index (Phi) is 5.01. The van der Waals surface area contributed by atoms with E-state index in [-0.39, 0.29) is 9.80 Å². The molecule has 0 amide bonds. The first-order valence-corrected chi connectivity index (χ1v) is 8.52. The Morgan fingerprint density at radius 1 is 1.23 bits per heavy atom. The molecule has 0 aliphatic carbocycles. The fraction of sp³-hybridized carbons (Fsp3) is 0.0625. The number of methoxy groups -OCH3 is 1. The van der Waals surface area contributed by atoms with Crippen LogP contribution in [0.25, 0.3) is 6.08 Å². The van der Waals surface area contributed by atoms with Crippen LogP contribution in [0, 0.1) is 11.3 Å². The molecular weight excluding hydrogens is 366 g/mol. The maximum atomic E-state index is 12.5. The summed E-state index contributed by atoms with van der Waals surface area (Å²) in [5.41, 5.74) is 0.551. The van der Waals surface area contributed by atoms with Gasteiger partial charge in [-0.05, 0) is 42.0 Å². The van der Waals surface area contributed by atoms with E-state index in [9.17, 15) is 13.7 Å². The Bertz CT molecular complexity index is 853. The van der Waals surface area contributed by atoms with Crippen molar-refractivity contribution < 1.29 is 13.2 Å². The van der Waals surface area contributed by atoms with E-state index < -0.39 is 9.84 Å². The molecule has 0 saturated heterocycles. The molecule has 0 atom stereocenters. The molecule has 0 spiro atoms. The van der Waals surface area contributed by atoms with Crippen LogP contribution in [0.4, 0.5) is 0 Å². The van der Waals surface area contributed by atoms with E-state index in [1.165, 1.54) is 25.3 Å². The number of ether oxygens (including phenoxy) is 1. The van der Waals surface area contributed by atoms with Crippen LogP contribution in [0.1, 0.15) is 5.56 Å². The first kappa shape index (κ1) is 16.3. The molecule has 4 nitrogen and oxygen atoms in total. The molecule has 112 valence electrons. The number of nitriles is 1. The molecule has 2 aromatic carbocycles. The maximum absolute atomic E-state index is 12.5. The summed E-state index contributed by atoms with van der Waals surface area (Å²) in [7, 11) is -2.33. The molecule has 2 aromatic rings. The van der Waals surface area contributed by atoms with Crippen molar-refractivity contribution in [2.24, 2.45) is 0 Å². The van der Waals surface area contributed by atoms with E-state index in [2.05, 4.69) is 15.9 Å². The second kappa shape index (κ2) is 6.77. The summed E-state index contributed by atoms with van der Waals surface area (Å²) < 4.78 is 30.8. The minimum atomic E-state index is -3.85. The summed E-state index contributed by atoms with van der Waals surface area (Å²) in [6.45, 7) is 0. The smallest absolute Gasteiger partial charge is 0.216 e. The Balaban J connectivity index is 2.56. The van der Waals surface area contributed by atoms with E-state index in [0.29, 0.717) is 15.8 Å². The third-order valence-corrected chi connectivity index (χ3v) is 5.35. The van der Waals surface area contributed by atoms with Crippen LogP contribution in [0.3, 0.4) is 0 Å². The van der Waals surface area contributed by atoms with E-state index in [1.54, 1.807) is 42.5 Å². The average Bonchev–Trinajstić information content (AvgIpc) is 2.54. The highest BCUT2D eigenvalue weighted by molar-refractivity contribution is 9.10. The molecule has 0 fully saturated rings. The van der Waals surface area contributed by atoms with Crippen LogP contribution >= 0.6 is 15.9 Å². The molecule has 0 saturated carbocycles. The summed E-state index contributed by atoms with van der Waals surface area (Å²) in [6.07, 6.45) is 1.33. The van der Waals surface area contributed by atoms with E-state index >= 15 is 0 Å². The molecular formula is C16H12BrNO3S. The van der Waals surface area contributed by atoms with Crippen molar-refractivity contribution in [2.75, 3.05) is 7.11 Å². The quantitative estimate of drug-likeness (QED) is 0.759. The fourth-order valence-electron chi connectivity index (χ4n) is 1.80. The first-order valence-electron chi connectivity index (χ1n) is 6.24. The second-order valence-electron chi connectivity index (χ2n) is 4.32. The van der Waals surface area contributed by atoms with Gasteiger partial charge in [0.25, 0.3) is 0 Å². The molecule has 0 aliphatic rings. The highest BCUT2D eigenvalue weighted by Gasteiger charge is 2.20. The van der Waals surface area contributed by atoms with Gasteiger partial charge in [-0.25, -0.2) is 8.42 Å². The van der Waals surface area contributed by atoms with Crippen LogP contribution < -0.4 is 4.74 Å². The minimum absolute atomic E-state index is 0.0850. The summed E-state index contributed by atoms with van der Waals surface area (Å²) >= 11 is 3.34. The van der Waals surface area contributed by atoms with Crippen molar-refractivity contribution in [3.8, 4) is 11.8 Å². The van der Waals surface area contributed by atoms with Crippen molar-refractivity contribution in [2.45, 2.75) is 4.90 Å². The Hall–Kier alpha value is -2.10. The van der Waals surface area contributed by atoms with Gasteiger partial charge in [0.05, 0.1) is 12.0 Å². The topological polar surface area (TPSA) is 67.2 Å². The zero-order valence-corrected chi connectivity index (χ0v) is 14.1. The third-order valence-electron chi connectivity index (χ3n) is 2.94. The third kappa shape index (κ3) is 3.38. The van der Waals surface area contributed by atoms with Crippen LogP contribution in [-0.4, -0.2) is 15.5 Å². The lowest BCUT2D eigenvalue weighted by atomic mass is 10.2. The minimum Gasteiger partial charge on any atom is -0.497 e. The second-order valence-corrected chi connectivity index (χ2v) is 7.10. The molecule has 0 unspecified atom stereocenters. The van der Waals surface area contributed by atoms with Crippen molar-refractivity contribution >= 4 is 31.8 Å². The van der Waals surface area contributed by atoms with Crippen molar-refractivity contribution in [1.29, 1.82) is 5.26 Å². The number of allylic oxidation sites excluding steroid dienone is 1. The number of rotatable bonds is 4. The van der Waals surface area contributed by atoms with Gasteiger partial charge >= 0.3 is 0 Å². The molecule has 2 rings (SSSR count). The number of hydrogen-bond acceptors (Lipinski definition) is 4. The lowest BCUT2D eigenvalue weighted by Gasteiger charge is -2.06. The Morgan fingerprint density at radius 3 is 2.50 bits per heavy atom. The van der Waals surface area contributed by atoms with E-state index in [0.717, 1.165) is 0 Å². The van der Waals surface area contributed by atoms with Crippen molar-refractivity contribution in [3.05, 3.63) is 63.5 Å². The van der Waals surface area contributed by atoms with Crippen LogP contribution in [-0.2, 0) is 9.84 Å². The van der Waals surface area contributed by atoms with Gasteiger partial charge in [-0.3, -0.25) is 0 Å². The largest absolute Gasteiger partial charge is 0.497 e. The number of benzene rings is 2. The van der Waals surface area contributed by atoms with Gasteiger partial charge in [0.2, 0.25) is 9.84 Å². The number of hydrogen-bond donors (Lipinski definition) is 0. The molecule has 0 heterocycles. The number of nitrogens with zero attached hydrogens (tertiary/aromatic N) is 1. The van der Waals surface area contributed by atoms with Crippen LogP contribution in [0.2, 0.25) is 0 Å². The summed E-state index contributed by atoms with van der Waals surface area (Å²) in [5.74, 6) is 0.573. The summed E-state index contributed by atoms with van der Waals surface area (Å²) in [6, 6.07) is 14.7. The lowest BCUT2D eigenvalue weighted by Crippen LogP contribution is -2.03. The first-order chi connectivity index (χ1) is 10.5. The van der Waals surface area contributed by atoms with Crippen molar-refractivity contribution in [1.82, 2.24) is 0 Å². The average molecular weight is 378 g/mol. The fourth-order valence-corrected chi connectivity index (χ4v) is 3.33. The molecule has 0 N–H and O–H groups in total. The van der Waals surface area contributed by atoms with Crippen molar-refractivity contribution in [3.63, 3.8) is 0 Å². The Labute approximate surface area is 137 Å². The zero-order chi connectivity index (χ0) is 16.2. The SMILES string of the molecule is COc1ccc(Br)c(C=C(C#N)S(=O)(=O)c2ccccc2)c1. The highest BCUT2D eigenvalue weighted by atomic mass is 79.9.